The SMILES string of the molecule is Cc1nc(NC(=O)NCC2CCC(C(=O)O)CC2)sc1C. The molecule has 3 N–H and O–H groups in total. The Morgan fingerprint density at radius 2 is 1.95 bits per heavy atom. The van der Waals surface area contributed by atoms with E-state index in [2.05, 4.69) is 15.6 Å². The Balaban J connectivity index is 1.71. The van der Waals surface area contributed by atoms with Gasteiger partial charge in [0.2, 0.25) is 0 Å². The summed E-state index contributed by atoms with van der Waals surface area (Å²) in [6.07, 6.45) is 3.11. The second kappa shape index (κ2) is 6.89. The predicted octanol–water partition coefficient (Wildman–Crippen LogP) is 2.77. The Morgan fingerprint density at radius 1 is 1.29 bits per heavy atom. The van der Waals surface area contributed by atoms with Crippen molar-refractivity contribution in [3.63, 3.8) is 0 Å². The number of urea groups is 1. The molecule has 0 aromatic carbocycles. The number of hydrogen-bond donors (Lipinski definition) is 3. The highest BCUT2D eigenvalue weighted by Gasteiger charge is 2.26. The van der Waals surface area contributed by atoms with E-state index in [1.807, 2.05) is 13.8 Å². The number of nitrogens with zero attached hydrogens (tertiary/aromatic N) is 1. The molecular formula is C14H21N3O3S. The van der Waals surface area contributed by atoms with Crippen molar-refractivity contribution in [1.29, 1.82) is 0 Å². The molecule has 1 aliphatic rings. The van der Waals surface area contributed by atoms with Gasteiger partial charge in [-0.05, 0) is 45.4 Å². The topological polar surface area (TPSA) is 91.3 Å². The lowest BCUT2D eigenvalue weighted by Crippen LogP contribution is -2.35. The van der Waals surface area contributed by atoms with Crippen LogP contribution in [0.2, 0.25) is 0 Å². The summed E-state index contributed by atoms with van der Waals surface area (Å²) >= 11 is 1.46. The van der Waals surface area contributed by atoms with Crippen molar-refractivity contribution < 1.29 is 14.7 Å². The van der Waals surface area contributed by atoms with Crippen molar-refractivity contribution in [2.24, 2.45) is 11.8 Å². The number of rotatable bonds is 4. The van der Waals surface area contributed by atoms with Crippen LogP contribution in [0.5, 0.6) is 0 Å². The number of carbonyl (C=O) groups is 2. The summed E-state index contributed by atoms with van der Waals surface area (Å²) in [4.78, 5) is 28.0. The van der Waals surface area contributed by atoms with Gasteiger partial charge < -0.3 is 10.4 Å². The Kier molecular flexibility index (Phi) is 5.17. The lowest BCUT2D eigenvalue weighted by molar-refractivity contribution is -0.143. The number of carboxylic acid groups (broad SMARTS) is 1. The number of amides is 2. The molecule has 116 valence electrons. The molecule has 1 saturated carbocycles. The van der Waals surface area contributed by atoms with Gasteiger partial charge in [-0.1, -0.05) is 0 Å². The quantitative estimate of drug-likeness (QED) is 0.797. The maximum atomic E-state index is 11.8. The first-order valence-corrected chi connectivity index (χ1v) is 7.99. The number of anilines is 1. The molecule has 2 rings (SSSR count). The summed E-state index contributed by atoms with van der Waals surface area (Å²) < 4.78 is 0. The average molecular weight is 311 g/mol. The van der Waals surface area contributed by atoms with Crippen LogP contribution >= 0.6 is 11.3 Å². The van der Waals surface area contributed by atoms with Crippen molar-refractivity contribution in [1.82, 2.24) is 10.3 Å². The molecule has 0 spiro atoms. The van der Waals surface area contributed by atoms with E-state index in [4.69, 9.17) is 5.11 Å². The molecule has 1 aromatic heterocycles. The van der Waals surface area contributed by atoms with Gasteiger partial charge in [-0.15, -0.1) is 11.3 Å². The van der Waals surface area contributed by atoms with E-state index in [9.17, 15) is 9.59 Å². The third-order valence-electron chi connectivity index (χ3n) is 4.00. The molecule has 6 nitrogen and oxygen atoms in total. The smallest absolute Gasteiger partial charge is 0.321 e. The fraction of sp³-hybridized carbons (Fsp3) is 0.643. The number of nitrogens with one attached hydrogen (secondary N) is 2. The lowest BCUT2D eigenvalue weighted by Gasteiger charge is -2.26. The van der Waals surface area contributed by atoms with Crippen LogP contribution in [0.25, 0.3) is 0 Å². The monoisotopic (exact) mass is 311 g/mol. The highest BCUT2D eigenvalue weighted by molar-refractivity contribution is 7.15. The molecule has 1 aromatic rings. The minimum Gasteiger partial charge on any atom is -0.481 e. The normalized spacial score (nSPS) is 21.8. The van der Waals surface area contributed by atoms with E-state index in [0.29, 0.717) is 30.4 Å². The first kappa shape index (κ1) is 15.8. The zero-order chi connectivity index (χ0) is 15.4. The van der Waals surface area contributed by atoms with Gasteiger partial charge in [0.1, 0.15) is 0 Å². The van der Waals surface area contributed by atoms with E-state index in [0.717, 1.165) is 23.4 Å². The third kappa shape index (κ3) is 4.42. The van der Waals surface area contributed by atoms with Crippen LogP contribution < -0.4 is 10.6 Å². The molecule has 0 unspecified atom stereocenters. The van der Waals surface area contributed by atoms with Crippen LogP contribution in [0, 0.1) is 25.7 Å². The molecule has 1 heterocycles. The van der Waals surface area contributed by atoms with Crippen molar-refractivity contribution >= 4 is 28.5 Å². The second-order valence-corrected chi connectivity index (χ2v) is 6.75. The molecule has 0 atom stereocenters. The lowest BCUT2D eigenvalue weighted by atomic mass is 9.82. The molecular weight excluding hydrogens is 290 g/mol. The number of aliphatic carboxylic acids is 1. The standard InChI is InChI=1S/C14H21N3O3S/c1-8-9(2)21-14(16-8)17-13(20)15-7-10-3-5-11(6-4-10)12(18)19/h10-11H,3-7H2,1-2H3,(H,18,19)(H2,15,16,17,20). The number of thiazole rings is 1. The number of hydrogen-bond acceptors (Lipinski definition) is 4. The molecule has 2 amide bonds. The van der Waals surface area contributed by atoms with Gasteiger partial charge in [-0.2, -0.15) is 0 Å². The minimum atomic E-state index is -0.700. The highest BCUT2D eigenvalue weighted by Crippen LogP contribution is 2.28. The number of aromatic nitrogens is 1. The molecule has 0 aliphatic heterocycles. The van der Waals surface area contributed by atoms with E-state index in [1.54, 1.807) is 0 Å². The van der Waals surface area contributed by atoms with Gasteiger partial charge >= 0.3 is 12.0 Å². The summed E-state index contributed by atoms with van der Waals surface area (Å²) in [5, 5.41) is 15.1. The van der Waals surface area contributed by atoms with Crippen LogP contribution in [0.3, 0.4) is 0 Å². The van der Waals surface area contributed by atoms with Crippen LogP contribution in [0.1, 0.15) is 36.3 Å². The zero-order valence-corrected chi connectivity index (χ0v) is 13.1. The van der Waals surface area contributed by atoms with Crippen LogP contribution in [0.4, 0.5) is 9.93 Å². The van der Waals surface area contributed by atoms with Crippen molar-refractivity contribution in [3.05, 3.63) is 10.6 Å². The Hall–Kier alpha value is -1.63. The van der Waals surface area contributed by atoms with Crippen molar-refractivity contribution in [3.8, 4) is 0 Å². The molecule has 1 aliphatic carbocycles. The van der Waals surface area contributed by atoms with E-state index >= 15 is 0 Å². The first-order chi connectivity index (χ1) is 9.95. The van der Waals surface area contributed by atoms with Gasteiger partial charge in [-0.25, -0.2) is 9.78 Å². The Morgan fingerprint density at radius 3 is 2.48 bits per heavy atom. The van der Waals surface area contributed by atoms with Crippen LogP contribution in [0.15, 0.2) is 0 Å². The highest BCUT2D eigenvalue weighted by atomic mass is 32.1. The maximum absolute atomic E-state index is 11.8. The Bertz CT molecular complexity index is 502. The van der Waals surface area contributed by atoms with Crippen molar-refractivity contribution in [2.45, 2.75) is 39.5 Å². The minimum absolute atomic E-state index is 0.212. The van der Waals surface area contributed by atoms with Crippen LogP contribution in [-0.2, 0) is 4.79 Å². The van der Waals surface area contributed by atoms with E-state index in [-0.39, 0.29) is 11.9 Å². The van der Waals surface area contributed by atoms with Gasteiger partial charge in [0.05, 0.1) is 11.6 Å². The molecule has 0 bridgehead atoms. The largest absolute Gasteiger partial charge is 0.481 e. The second-order valence-electron chi connectivity index (χ2n) is 5.55. The van der Waals surface area contributed by atoms with Crippen molar-refractivity contribution in [2.75, 3.05) is 11.9 Å². The van der Waals surface area contributed by atoms with Gasteiger partial charge in [0, 0.05) is 11.4 Å². The summed E-state index contributed by atoms with van der Waals surface area (Å²) in [6, 6.07) is -0.246. The molecule has 0 saturated heterocycles. The molecule has 1 fully saturated rings. The summed E-state index contributed by atoms with van der Waals surface area (Å²) in [5.74, 6) is -0.545. The maximum Gasteiger partial charge on any atom is 0.321 e. The van der Waals surface area contributed by atoms with Gasteiger partial charge in [-0.3, -0.25) is 10.1 Å². The van der Waals surface area contributed by atoms with Crippen LogP contribution in [-0.4, -0.2) is 28.6 Å². The molecule has 0 radical (unpaired) electrons. The van der Waals surface area contributed by atoms with E-state index < -0.39 is 5.97 Å². The summed E-state index contributed by atoms with van der Waals surface area (Å²) in [5.41, 5.74) is 0.933. The van der Waals surface area contributed by atoms with E-state index in [1.165, 1.54) is 11.3 Å². The number of carboxylic acids is 1. The first-order valence-electron chi connectivity index (χ1n) is 7.17. The molecule has 7 heteroatoms. The number of carbonyl (C=O) groups excluding carboxylic acids is 1. The van der Waals surface area contributed by atoms with Gasteiger partial charge in [0.25, 0.3) is 0 Å². The van der Waals surface area contributed by atoms with Gasteiger partial charge in [0.15, 0.2) is 5.13 Å². The molecule has 21 heavy (non-hydrogen) atoms. The predicted molar refractivity (Wildman–Crippen MR) is 81.7 cm³/mol. The summed E-state index contributed by atoms with van der Waals surface area (Å²) in [7, 11) is 0. The number of aryl methyl sites for hydroxylation is 2. The fourth-order valence-corrected chi connectivity index (χ4v) is 3.33. The average Bonchev–Trinajstić information content (AvgIpc) is 2.75. The summed E-state index contributed by atoms with van der Waals surface area (Å²) in [6.45, 7) is 4.47. The fourth-order valence-electron chi connectivity index (χ4n) is 2.52. The Labute approximate surface area is 128 Å². The third-order valence-corrected chi connectivity index (χ3v) is 4.98. The zero-order valence-electron chi connectivity index (χ0n) is 12.3.